The molecule has 3 unspecified atom stereocenters. The molecular weight excluding hydrogens is 312 g/mol. The normalized spacial score (nSPS) is 52.1. The van der Waals surface area contributed by atoms with Crippen molar-refractivity contribution in [3.63, 3.8) is 0 Å². The van der Waals surface area contributed by atoms with E-state index in [2.05, 4.69) is 27.7 Å². The van der Waals surface area contributed by atoms with Crippen LogP contribution < -0.4 is 0 Å². The first-order valence-electron chi connectivity index (χ1n) is 10.0. The number of Topliss-reactive ketones (excluding diaryl/α,β-unsaturated/α-hetero) is 1. The number of fused-ring (bicyclic) bond motifs is 5. The first kappa shape index (κ1) is 17.2. The van der Waals surface area contributed by atoms with Crippen LogP contribution >= 0.6 is 0 Å². The molecule has 0 aromatic heterocycles. The number of carbonyl (C=O) groups is 3. The summed E-state index contributed by atoms with van der Waals surface area (Å²) in [5.41, 5.74) is 0.416. The van der Waals surface area contributed by atoms with Gasteiger partial charge in [0.1, 0.15) is 12.1 Å². The highest BCUT2D eigenvalue weighted by Gasteiger charge is 2.64. The molecule has 3 heteroatoms. The van der Waals surface area contributed by atoms with E-state index >= 15 is 0 Å². The highest BCUT2D eigenvalue weighted by atomic mass is 16.1. The van der Waals surface area contributed by atoms with Gasteiger partial charge in [-0.25, -0.2) is 0 Å². The second-order valence-electron chi connectivity index (χ2n) is 9.58. The van der Waals surface area contributed by atoms with Crippen LogP contribution in [-0.2, 0) is 14.4 Å². The summed E-state index contributed by atoms with van der Waals surface area (Å²) in [5.74, 6) is 2.43. The van der Waals surface area contributed by atoms with Crippen LogP contribution in [-0.4, -0.2) is 17.9 Å². The molecule has 4 rings (SSSR count). The van der Waals surface area contributed by atoms with Crippen molar-refractivity contribution in [3.8, 4) is 0 Å². The van der Waals surface area contributed by atoms with Crippen LogP contribution in [0.3, 0.4) is 0 Å². The lowest BCUT2D eigenvalue weighted by Crippen LogP contribution is -2.59. The molecule has 0 spiro atoms. The van der Waals surface area contributed by atoms with Crippen molar-refractivity contribution < 1.29 is 14.4 Å². The molecule has 136 valence electrons. The molecule has 4 aliphatic rings. The minimum atomic E-state index is -0.489. The Morgan fingerprint density at radius 2 is 1.84 bits per heavy atom. The predicted molar refractivity (Wildman–Crippen MR) is 95.7 cm³/mol. The molecule has 0 heterocycles. The molecule has 0 aromatic rings. The Morgan fingerprint density at radius 1 is 1.12 bits per heavy atom. The second kappa shape index (κ2) is 5.37. The van der Waals surface area contributed by atoms with E-state index in [0.717, 1.165) is 24.8 Å². The van der Waals surface area contributed by atoms with Crippen LogP contribution in [0.15, 0.2) is 11.6 Å². The number of aldehydes is 1. The van der Waals surface area contributed by atoms with Gasteiger partial charge in [-0.05, 0) is 66.4 Å². The maximum absolute atomic E-state index is 12.6. The number of carbonyl (C=O) groups excluding carboxylic acids is 3. The second-order valence-corrected chi connectivity index (χ2v) is 9.58. The van der Waals surface area contributed by atoms with Gasteiger partial charge < -0.3 is 4.79 Å². The van der Waals surface area contributed by atoms with Crippen molar-refractivity contribution in [2.45, 2.75) is 59.8 Å². The van der Waals surface area contributed by atoms with Gasteiger partial charge in [0.15, 0.2) is 5.78 Å². The van der Waals surface area contributed by atoms with E-state index in [1.165, 1.54) is 6.29 Å². The molecule has 0 amide bonds. The Morgan fingerprint density at radius 3 is 2.52 bits per heavy atom. The molecule has 0 aromatic carbocycles. The average Bonchev–Trinajstić information content (AvgIpc) is 2.87. The van der Waals surface area contributed by atoms with Crippen LogP contribution in [0.25, 0.3) is 0 Å². The van der Waals surface area contributed by atoms with E-state index in [1.807, 2.05) is 0 Å². The fourth-order valence-corrected chi connectivity index (χ4v) is 7.36. The molecule has 3 fully saturated rings. The molecule has 3 saturated carbocycles. The van der Waals surface area contributed by atoms with Gasteiger partial charge in [-0.1, -0.05) is 27.7 Å². The smallest absolute Gasteiger partial charge is 0.156 e. The van der Waals surface area contributed by atoms with Gasteiger partial charge in [0.05, 0.1) is 5.41 Å². The maximum Gasteiger partial charge on any atom is 0.156 e. The summed E-state index contributed by atoms with van der Waals surface area (Å²) < 4.78 is 0. The molecule has 25 heavy (non-hydrogen) atoms. The van der Waals surface area contributed by atoms with Gasteiger partial charge in [0.2, 0.25) is 0 Å². The number of hydrogen-bond acceptors (Lipinski definition) is 3. The van der Waals surface area contributed by atoms with Gasteiger partial charge in [-0.2, -0.15) is 0 Å². The van der Waals surface area contributed by atoms with E-state index in [9.17, 15) is 14.4 Å². The third-order valence-corrected chi connectivity index (χ3v) is 8.88. The zero-order chi connectivity index (χ0) is 18.1. The molecule has 0 aliphatic heterocycles. The van der Waals surface area contributed by atoms with Crippen LogP contribution in [0.1, 0.15) is 59.8 Å². The number of hydrogen-bond donors (Lipinski definition) is 0. The topological polar surface area (TPSA) is 51.2 Å². The largest absolute Gasteiger partial charge is 0.302 e. The average molecular weight is 342 g/mol. The number of rotatable bonds is 1. The monoisotopic (exact) mass is 342 g/mol. The molecule has 3 nitrogen and oxygen atoms in total. The molecular formula is C22H30O3. The van der Waals surface area contributed by atoms with Crippen molar-refractivity contribution in [2.24, 2.45) is 46.3 Å². The van der Waals surface area contributed by atoms with Gasteiger partial charge in [0, 0.05) is 18.3 Å². The molecule has 4 aliphatic carbocycles. The summed E-state index contributed by atoms with van der Waals surface area (Å²) in [5, 5.41) is 0. The Hall–Kier alpha value is -1.25. The van der Waals surface area contributed by atoms with E-state index in [4.69, 9.17) is 0 Å². The van der Waals surface area contributed by atoms with Crippen molar-refractivity contribution in [3.05, 3.63) is 11.6 Å². The Labute approximate surface area is 150 Å². The van der Waals surface area contributed by atoms with E-state index in [1.54, 1.807) is 6.08 Å². The van der Waals surface area contributed by atoms with E-state index in [-0.39, 0.29) is 29.0 Å². The third-order valence-electron chi connectivity index (χ3n) is 8.88. The Bertz CT molecular complexity index is 677. The molecule has 0 radical (unpaired) electrons. The first-order chi connectivity index (χ1) is 11.8. The summed E-state index contributed by atoms with van der Waals surface area (Å²) in [6.07, 6.45) is 7.00. The lowest BCUT2D eigenvalue weighted by Gasteiger charge is -2.61. The molecule has 0 bridgehead atoms. The minimum absolute atomic E-state index is 0.0708. The number of ketones is 2. The van der Waals surface area contributed by atoms with Crippen LogP contribution in [0.2, 0.25) is 0 Å². The highest BCUT2D eigenvalue weighted by Crippen LogP contribution is 2.67. The third kappa shape index (κ3) is 1.96. The Kier molecular flexibility index (Phi) is 3.69. The zero-order valence-electron chi connectivity index (χ0n) is 15.9. The standard InChI is InChI=1S/C22H30O3/c1-12-9-15(24)10-18-13(2)14(3)20-16-5-6-19(25)21(16,4)8-7-17(20)22(12,18)11-23/h10-14,16-17,20H,5-9H2,1-4H3/t12?,13?,14?,16-,17+,20-,21-,22+/m0/s1. The van der Waals surface area contributed by atoms with Crippen molar-refractivity contribution >= 4 is 17.9 Å². The molecule has 0 N–H and O–H groups in total. The first-order valence-corrected chi connectivity index (χ1v) is 10.0. The highest BCUT2D eigenvalue weighted by molar-refractivity contribution is 5.94. The SMILES string of the molecule is CC1C2=CC(=O)CC(C)[C@]2(C=O)[C@@H]2CC[C@]3(C)C(=O)CC[C@H]3[C@@H]2C1C. The van der Waals surface area contributed by atoms with Gasteiger partial charge in [-0.3, -0.25) is 9.59 Å². The molecule has 0 saturated heterocycles. The summed E-state index contributed by atoms with van der Waals surface area (Å²) in [6.45, 7) is 8.75. The van der Waals surface area contributed by atoms with Crippen molar-refractivity contribution in [2.75, 3.05) is 0 Å². The minimum Gasteiger partial charge on any atom is -0.302 e. The van der Waals surface area contributed by atoms with Gasteiger partial charge in [0.25, 0.3) is 0 Å². The van der Waals surface area contributed by atoms with Crippen molar-refractivity contribution in [1.82, 2.24) is 0 Å². The molecule has 8 atom stereocenters. The lowest BCUT2D eigenvalue weighted by atomic mass is 9.41. The number of allylic oxidation sites excluding steroid dienone is 1. The Balaban J connectivity index is 1.87. The van der Waals surface area contributed by atoms with Gasteiger partial charge >= 0.3 is 0 Å². The quantitative estimate of drug-likeness (QED) is 0.677. The summed E-state index contributed by atoms with van der Waals surface area (Å²) in [7, 11) is 0. The fourth-order valence-electron chi connectivity index (χ4n) is 7.36. The van der Waals surface area contributed by atoms with Crippen LogP contribution in [0, 0.1) is 46.3 Å². The van der Waals surface area contributed by atoms with Crippen LogP contribution in [0.4, 0.5) is 0 Å². The summed E-state index contributed by atoms with van der Waals surface area (Å²) >= 11 is 0. The zero-order valence-corrected chi connectivity index (χ0v) is 15.9. The van der Waals surface area contributed by atoms with Crippen molar-refractivity contribution in [1.29, 1.82) is 0 Å². The van der Waals surface area contributed by atoms with Crippen LogP contribution in [0.5, 0.6) is 0 Å². The van der Waals surface area contributed by atoms with Gasteiger partial charge in [-0.15, -0.1) is 0 Å². The summed E-state index contributed by atoms with van der Waals surface area (Å²) in [6, 6.07) is 0. The lowest BCUT2D eigenvalue weighted by molar-refractivity contribution is -0.146. The van der Waals surface area contributed by atoms with E-state index < -0.39 is 5.41 Å². The maximum atomic E-state index is 12.6. The van der Waals surface area contributed by atoms with E-state index in [0.29, 0.717) is 36.4 Å². The predicted octanol–water partition coefficient (Wildman–Crippen LogP) is 4.00. The summed E-state index contributed by atoms with van der Waals surface area (Å²) in [4.78, 5) is 37.4. The fraction of sp³-hybridized carbons (Fsp3) is 0.773.